The number of fused-ring (bicyclic) bond motifs is 8. The third-order valence-electron chi connectivity index (χ3n) is 7.28. The van der Waals surface area contributed by atoms with Gasteiger partial charge in [-0.1, -0.05) is 109 Å². The van der Waals surface area contributed by atoms with Crippen molar-refractivity contribution in [1.82, 2.24) is 9.97 Å². The molecule has 37 heavy (non-hydrogen) atoms. The molecule has 6 aromatic carbocycles. The average molecular weight is 489 g/mol. The molecule has 0 radical (unpaired) electrons. The Hall–Kier alpha value is -4.60. The summed E-state index contributed by atoms with van der Waals surface area (Å²) in [4.78, 5) is 10.4. The molecule has 172 valence electrons. The maximum absolute atomic E-state index is 5.23. The van der Waals surface area contributed by atoms with Crippen LogP contribution in [0.2, 0.25) is 0 Å². The minimum atomic E-state index is 0.758. The highest BCUT2D eigenvalue weighted by atomic mass is 32.1. The van der Waals surface area contributed by atoms with Gasteiger partial charge in [-0.05, 0) is 22.9 Å². The number of benzene rings is 6. The number of nitrogens with zero attached hydrogens (tertiary/aromatic N) is 2. The van der Waals surface area contributed by atoms with Crippen LogP contribution in [-0.4, -0.2) is 9.97 Å². The smallest absolute Gasteiger partial charge is 0.161 e. The average Bonchev–Trinajstić information content (AvgIpc) is 3.36. The first kappa shape index (κ1) is 20.6. The molecule has 2 heterocycles. The molecule has 2 aromatic heterocycles. The molecule has 0 bridgehead atoms. The minimum absolute atomic E-state index is 0.758. The molecule has 0 N–H and O–H groups in total. The molecule has 0 aliphatic heterocycles. The van der Waals surface area contributed by atoms with Gasteiger partial charge in [0.05, 0.1) is 11.2 Å². The fraction of sp³-hybridized carbons (Fsp3) is 0. The predicted octanol–water partition coefficient (Wildman–Crippen LogP) is 9.64. The van der Waals surface area contributed by atoms with Crippen LogP contribution in [0.3, 0.4) is 0 Å². The van der Waals surface area contributed by atoms with Gasteiger partial charge in [0.1, 0.15) is 0 Å². The predicted molar refractivity (Wildman–Crippen MR) is 158 cm³/mol. The van der Waals surface area contributed by atoms with Crippen LogP contribution in [0, 0.1) is 0 Å². The van der Waals surface area contributed by atoms with Crippen molar-refractivity contribution >= 4 is 64.0 Å². The van der Waals surface area contributed by atoms with Gasteiger partial charge in [-0.2, -0.15) is 0 Å². The quantitative estimate of drug-likeness (QED) is 0.226. The largest absolute Gasteiger partial charge is 0.227 e. The Bertz CT molecular complexity index is 2140. The van der Waals surface area contributed by atoms with Crippen LogP contribution in [0.25, 0.3) is 75.3 Å². The molecule has 0 spiro atoms. The van der Waals surface area contributed by atoms with Gasteiger partial charge in [0.2, 0.25) is 0 Å². The molecular formula is C34H20N2S. The maximum atomic E-state index is 5.23. The van der Waals surface area contributed by atoms with Gasteiger partial charge in [0, 0.05) is 47.5 Å². The summed E-state index contributed by atoms with van der Waals surface area (Å²) < 4.78 is 2.63. The zero-order chi connectivity index (χ0) is 24.3. The molecule has 3 heteroatoms. The summed E-state index contributed by atoms with van der Waals surface area (Å²) in [5.41, 5.74) is 4.11. The topological polar surface area (TPSA) is 25.8 Å². The molecule has 0 aliphatic carbocycles. The first-order valence-corrected chi connectivity index (χ1v) is 13.2. The summed E-state index contributed by atoms with van der Waals surface area (Å²) >= 11 is 1.86. The summed E-state index contributed by atoms with van der Waals surface area (Å²) in [6.45, 7) is 0. The van der Waals surface area contributed by atoms with Crippen LogP contribution in [0.4, 0.5) is 0 Å². The van der Waals surface area contributed by atoms with Crippen LogP contribution in [0.5, 0.6) is 0 Å². The van der Waals surface area contributed by atoms with E-state index in [-0.39, 0.29) is 0 Å². The number of hydrogen-bond donors (Lipinski definition) is 0. The van der Waals surface area contributed by atoms with Gasteiger partial charge >= 0.3 is 0 Å². The first-order valence-electron chi connectivity index (χ1n) is 12.4. The molecule has 0 atom stereocenters. The van der Waals surface area contributed by atoms with Crippen LogP contribution in [-0.2, 0) is 0 Å². The molecular weight excluding hydrogens is 468 g/mol. The first-order chi connectivity index (χ1) is 18.3. The molecule has 8 aromatic rings. The molecule has 8 rings (SSSR count). The third kappa shape index (κ3) is 3.11. The van der Waals surface area contributed by atoms with Gasteiger partial charge in [-0.3, -0.25) is 0 Å². The number of hydrogen-bond acceptors (Lipinski definition) is 3. The number of aromatic nitrogens is 2. The van der Waals surface area contributed by atoms with E-state index in [9.17, 15) is 0 Å². The Kier molecular flexibility index (Phi) is 4.42. The van der Waals surface area contributed by atoms with Crippen molar-refractivity contribution in [1.29, 1.82) is 0 Å². The van der Waals surface area contributed by atoms with Crippen LogP contribution >= 0.6 is 11.3 Å². The van der Waals surface area contributed by atoms with E-state index in [0.717, 1.165) is 38.9 Å². The minimum Gasteiger partial charge on any atom is -0.227 e. The molecule has 0 saturated heterocycles. The van der Waals surface area contributed by atoms with Gasteiger partial charge in [0.25, 0.3) is 0 Å². The zero-order valence-electron chi connectivity index (χ0n) is 19.8. The highest BCUT2D eigenvalue weighted by molar-refractivity contribution is 7.26. The van der Waals surface area contributed by atoms with Crippen molar-refractivity contribution in [3.05, 3.63) is 121 Å². The highest BCUT2D eigenvalue weighted by Gasteiger charge is 2.16. The lowest BCUT2D eigenvalue weighted by Crippen LogP contribution is -1.96. The molecule has 0 saturated carbocycles. The number of thiophene rings is 1. The summed E-state index contributed by atoms with van der Waals surface area (Å²) in [6, 6.07) is 42.9. The Morgan fingerprint density at radius 2 is 1.16 bits per heavy atom. The Morgan fingerprint density at radius 1 is 0.459 bits per heavy atom. The Morgan fingerprint density at radius 3 is 2.08 bits per heavy atom. The standard InChI is InChI=1S/C34H20N2S/c1-2-10-22(11-3-1)31-29-18-17-21-9-4-5-12-23(21)32(29)36-34(35-31)28-15-8-14-26-24(28)19-20-27-25-13-6-7-16-30(25)37-33(26)27/h1-20H. The molecule has 0 fully saturated rings. The molecule has 2 nitrogen and oxygen atoms in total. The van der Waals surface area contributed by atoms with Crippen molar-refractivity contribution < 1.29 is 0 Å². The van der Waals surface area contributed by atoms with Gasteiger partial charge in [-0.25, -0.2) is 9.97 Å². The monoisotopic (exact) mass is 488 g/mol. The summed E-state index contributed by atoms with van der Waals surface area (Å²) in [5.74, 6) is 0.758. The molecule has 0 aliphatic rings. The summed E-state index contributed by atoms with van der Waals surface area (Å²) in [5, 5.41) is 8.45. The van der Waals surface area contributed by atoms with E-state index in [1.54, 1.807) is 0 Å². The SMILES string of the molecule is c1ccc(-c2nc(-c3cccc4c3ccc3c5ccccc5sc43)nc3c2ccc2ccccc23)cc1. The van der Waals surface area contributed by atoms with E-state index in [1.807, 2.05) is 17.4 Å². The van der Waals surface area contributed by atoms with E-state index in [2.05, 4.69) is 115 Å². The fourth-order valence-electron chi connectivity index (χ4n) is 5.54. The van der Waals surface area contributed by atoms with Gasteiger partial charge in [-0.15, -0.1) is 11.3 Å². The van der Waals surface area contributed by atoms with Crippen LogP contribution in [0.15, 0.2) is 121 Å². The Balaban J connectivity index is 1.48. The van der Waals surface area contributed by atoms with Crippen LogP contribution in [0.1, 0.15) is 0 Å². The second-order valence-electron chi connectivity index (χ2n) is 9.39. The normalized spacial score (nSPS) is 11.8. The van der Waals surface area contributed by atoms with Crippen molar-refractivity contribution in [2.75, 3.05) is 0 Å². The number of rotatable bonds is 2. The summed E-state index contributed by atoms with van der Waals surface area (Å²) in [6.07, 6.45) is 0. The lowest BCUT2D eigenvalue weighted by Gasteiger charge is -2.13. The van der Waals surface area contributed by atoms with E-state index in [0.29, 0.717) is 0 Å². The molecule has 0 unspecified atom stereocenters. The van der Waals surface area contributed by atoms with E-state index in [4.69, 9.17) is 9.97 Å². The third-order valence-corrected chi connectivity index (χ3v) is 8.50. The highest BCUT2D eigenvalue weighted by Crippen LogP contribution is 2.41. The van der Waals surface area contributed by atoms with Crippen molar-refractivity contribution in [2.45, 2.75) is 0 Å². The van der Waals surface area contributed by atoms with Crippen LogP contribution < -0.4 is 0 Å². The van der Waals surface area contributed by atoms with Crippen molar-refractivity contribution in [2.24, 2.45) is 0 Å². The van der Waals surface area contributed by atoms with Crippen molar-refractivity contribution in [3.63, 3.8) is 0 Å². The van der Waals surface area contributed by atoms with E-state index < -0.39 is 0 Å². The van der Waals surface area contributed by atoms with E-state index in [1.165, 1.54) is 36.3 Å². The van der Waals surface area contributed by atoms with Gasteiger partial charge in [0.15, 0.2) is 5.82 Å². The lowest BCUT2D eigenvalue weighted by atomic mass is 9.99. The second kappa shape index (κ2) is 7.95. The fourth-order valence-corrected chi connectivity index (χ4v) is 6.77. The Labute approximate surface area is 217 Å². The zero-order valence-corrected chi connectivity index (χ0v) is 20.7. The molecule has 0 amide bonds. The van der Waals surface area contributed by atoms with Gasteiger partial charge < -0.3 is 0 Å². The lowest BCUT2D eigenvalue weighted by molar-refractivity contribution is 1.24. The van der Waals surface area contributed by atoms with Crippen molar-refractivity contribution in [3.8, 4) is 22.6 Å². The summed E-state index contributed by atoms with van der Waals surface area (Å²) in [7, 11) is 0. The maximum Gasteiger partial charge on any atom is 0.161 e. The van der Waals surface area contributed by atoms with E-state index >= 15 is 0 Å². The second-order valence-corrected chi connectivity index (χ2v) is 10.4.